The van der Waals surface area contributed by atoms with E-state index in [1.165, 1.54) is 21.3 Å². The number of hydrogen-bond donors (Lipinski definition) is 1. The van der Waals surface area contributed by atoms with Crippen LogP contribution in [0.5, 0.6) is 17.2 Å². The van der Waals surface area contributed by atoms with Crippen molar-refractivity contribution < 1.29 is 28.5 Å². The van der Waals surface area contributed by atoms with Crippen LogP contribution in [0.15, 0.2) is 47.8 Å². The zero-order valence-electron chi connectivity index (χ0n) is 18.9. The Morgan fingerprint density at radius 2 is 1.85 bits per heavy atom. The first-order valence-corrected chi connectivity index (χ1v) is 11.0. The van der Waals surface area contributed by atoms with Gasteiger partial charge in [0.25, 0.3) is 5.91 Å². The molecule has 0 radical (unpaired) electrons. The van der Waals surface area contributed by atoms with Crippen molar-refractivity contribution in [1.82, 2.24) is 10.3 Å². The van der Waals surface area contributed by atoms with E-state index in [1.54, 1.807) is 53.8 Å². The van der Waals surface area contributed by atoms with Gasteiger partial charge in [0.2, 0.25) is 0 Å². The summed E-state index contributed by atoms with van der Waals surface area (Å²) in [6.07, 6.45) is -0.0446. The molecule has 0 fully saturated rings. The maximum absolute atomic E-state index is 13.0. The molecule has 1 atom stereocenters. The van der Waals surface area contributed by atoms with Crippen LogP contribution in [-0.4, -0.2) is 38.2 Å². The van der Waals surface area contributed by atoms with Crippen molar-refractivity contribution in [2.75, 3.05) is 21.3 Å². The maximum Gasteiger partial charge on any atom is 0.307 e. The third kappa shape index (κ3) is 6.45. The molecule has 1 N–H and O–H groups in total. The number of hydrogen-bond acceptors (Lipinski definition) is 8. The van der Waals surface area contributed by atoms with E-state index >= 15 is 0 Å². The molecule has 9 heteroatoms. The third-order valence-corrected chi connectivity index (χ3v) is 5.69. The summed E-state index contributed by atoms with van der Waals surface area (Å²) < 4.78 is 21.2. The number of methoxy groups -OCH3 is 3. The largest absolute Gasteiger partial charge is 0.493 e. The first-order valence-electron chi connectivity index (χ1n) is 10.2. The highest BCUT2D eigenvalue weighted by molar-refractivity contribution is 7.09. The number of amides is 1. The van der Waals surface area contributed by atoms with Gasteiger partial charge in [-0.3, -0.25) is 9.59 Å². The van der Waals surface area contributed by atoms with E-state index in [4.69, 9.17) is 18.9 Å². The van der Waals surface area contributed by atoms with Gasteiger partial charge in [-0.05, 0) is 42.8 Å². The number of nitrogens with one attached hydrogen (secondary N) is 1. The number of benzene rings is 2. The fourth-order valence-electron chi connectivity index (χ4n) is 3.17. The Bertz CT molecular complexity index is 1110. The Kier molecular flexibility index (Phi) is 8.26. The molecule has 8 nitrogen and oxygen atoms in total. The number of nitrogens with zero attached hydrogens (tertiary/aromatic N) is 1. The van der Waals surface area contributed by atoms with Crippen molar-refractivity contribution in [3.05, 3.63) is 69.7 Å². The number of carbonyl (C=O) groups is 2. The predicted molar refractivity (Wildman–Crippen MR) is 124 cm³/mol. The van der Waals surface area contributed by atoms with E-state index in [1.807, 2.05) is 12.3 Å². The van der Waals surface area contributed by atoms with E-state index in [-0.39, 0.29) is 12.3 Å². The van der Waals surface area contributed by atoms with Crippen LogP contribution >= 0.6 is 11.3 Å². The van der Waals surface area contributed by atoms with Crippen molar-refractivity contribution in [1.29, 1.82) is 0 Å². The molecule has 0 aliphatic rings. The number of aryl methyl sites for hydroxylation is 1. The minimum Gasteiger partial charge on any atom is -0.493 e. The Labute approximate surface area is 196 Å². The molecule has 1 amide bonds. The van der Waals surface area contributed by atoms with Crippen LogP contribution in [0, 0.1) is 6.92 Å². The summed E-state index contributed by atoms with van der Waals surface area (Å²) in [5.41, 5.74) is 1.91. The molecule has 1 unspecified atom stereocenters. The smallest absolute Gasteiger partial charge is 0.307 e. The van der Waals surface area contributed by atoms with E-state index in [9.17, 15) is 9.59 Å². The Morgan fingerprint density at radius 3 is 2.52 bits per heavy atom. The van der Waals surface area contributed by atoms with Gasteiger partial charge >= 0.3 is 5.97 Å². The topological polar surface area (TPSA) is 96.0 Å². The van der Waals surface area contributed by atoms with Gasteiger partial charge in [0.1, 0.15) is 12.4 Å². The molecule has 1 heterocycles. The van der Waals surface area contributed by atoms with Gasteiger partial charge in [-0.1, -0.05) is 12.1 Å². The fourth-order valence-corrected chi connectivity index (χ4v) is 3.77. The van der Waals surface area contributed by atoms with Crippen LogP contribution in [0.25, 0.3) is 0 Å². The second kappa shape index (κ2) is 11.3. The summed E-state index contributed by atoms with van der Waals surface area (Å²) >= 11 is 1.55. The average molecular weight is 471 g/mol. The highest BCUT2D eigenvalue weighted by Gasteiger charge is 2.21. The molecule has 174 valence electrons. The number of ether oxygens (including phenoxy) is 4. The molecule has 1 aromatic heterocycles. The summed E-state index contributed by atoms with van der Waals surface area (Å²) in [5.74, 6) is 0.777. The Hall–Kier alpha value is -3.59. The van der Waals surface area contributed by atoms with Gasteiger partial charge in [-0.15, -0.1) is 11.3 Å². The van der Waals surface area contributed by atoms with Crippen LogP contribution in [0.3, 0.4) is 0 Å². The normalized spacial score (nSPS) is 11.4. The van der Waals surface area contributed by atoms with Crippen molar-refractivity contribution in [3.8, 4) is 17.2 Å². The molecule has 2 aromatic carbocycles. The van der Waals surface area contributed by atoms with Gasteiger partial charge in [0.15, 0.2) is 11.5 Å². The molecule has 0 aliphatic heterocycles. The molecule has 0 bridgehead atoms. The zero-order valence-corrected chi connectivity index (χ0v) is 19.7. The lowest BCUT2D eigenvalue weighted by Crippen LogP contribution is -2.30. The van der Waals surface area contributed by atoms with E-state index in [2.05, 4.69) is 10.3 Å². The highest BCUT2D eigenvalue weighted by atomic mass is 32.1. The van der Waals surface area contributed by atoms with Gasteiger partial charge < -0.3 is 24.3 Å². The summed E-state index contributed by atoms with van der Waals surface area (Å²) in [6, 6.07) is 11.4. The fraction of sp³-hybridized carbons (Fsp3) is 0.292. The highest BCUT2D eigenvalue weighted by Crippen LogP contribution is 2.31. The lowest BCUT2D eigenvalue weighted by Gasteiger charge is -2.20. The molecular weight excluding hydrogens is 444 g/mol. The standard InChI is InChI=1S/C24H26N2O6S/c1-15-25-18(14-33-15)13-32-19-7-5-6-17(10-19)24(28)26-20(12-23(27)31-4)16-8-9-21(29-2)22(11-16)30-3/h5-11,14,20H,12-13H2,1-4H3,(H,26,28). The molecule has 0 saturated carbocycles. The van der Waals surface area contributed by atoms with Crippen LogP contribution in [0.4, 0.5) is 0 Å². The van der Waals surface area contributed by atoms with Crippen molar-refractivity contribution >= 4 is 23.2 Å². The van der Waals surface area contributed by atoms with E-state index in [0.717, 1.165) is 10.7 Å². The first-order chi connectivity index (χ1) is 15.9. The zero-order chi connectivity index (χ0) is 23.8. The predicted octanol–water partition coefficient (Wildman–Crippen LogP) is 4.08. The molecule has 0 aliphatic carbocycles. The maximum atomic E-state index is 13.0. The van der Waals surface area contributed by atoms with Crippen LogP contribution in [-0.2, 0) is 16.1 Å². The van der Waals surface area contributed by atoms with Gasteiger partial charge in [0.05, 0.1) is 44.5 Å². The molecule has 0 spiro atoms. The number of esters is 1. The molecule has 3 rings (SSSR count). The Balaban J connectivity index is 1.77. The Morgan fingerprint density at radius 1 is 1.06 bits per heavy atom. The first kappa shape index (κ1) is 24.1. The third-order valence-electron chi connectivity index (χ3n) is 4.86. The molecule has 3 aromatic rings. The number of thiazole rings is 1. The lowest BCUT2D eigenvalue weighted by molar-refractivity contribution is -0.141. The lowest BCUT2D eigenvalue weighted by atomic mass is 10.0. The second-order valence-electron chi connectivity index (χ2n) is 7.10. The summed E-state index contributed by atoms with van der Waals surface area (Å²) in [4.78, 5) is 29.4. The molecule has 0 saturated heterocycles. The number of rotatable bonds is 10. The molecule has 33 heavy (non-hydrogen) atoms. The minimum atomic E-state index is -0.632. The van der Waals surface area contributed by atoms with Gasteiger partial charge in [0, 0.05) is 10.9 Å². The second-order valence-corrected chi connectivity index (χ2v) is 8.16. The van der Waals surface area contributed by atoms with E-state index in [0.29, 0.717) is 35.0 Å². The van der Waals surface area contributed by atoms with Crippen LogP contribution < -0.4 is 19.5 Å². The summed E-state index contributed by atoms with van der Waals surface area (Å²) in [7, 11) is 4.37. The minimum absolute atomic E-state index is 0.0446. The summed E-state index contributed by atoms with van der Waals surface area (Å²) in [5, 5.41) is 5.81. The SMILES string of the molecule is COC(=O)CC(NC(=O)c1cccc(OCc2csc(C)n2)c1)c1ccc(OC)c(OC)c1. The molecular formula is C24H26N2O6S. The van der Waals surface area contributed by atoms with Gasteiger partial charge in [-0.25, -0.2) is 4.98 Å². The van der Waals surface area contributed by atoms with E-state index < -0.39 is 12.0 Å². The van der Waals surface area contributed by atoms with Crippen LogP contribution in [0.2, 0.25) is 0 Å². The van der Waals surface area contributed by atoms with Crippen LogP contribution in [0.1, 0.15) is 39.1 Å². The van der Waals surface area contributed by atoms with Crippen molar-refractivity contribution in [2.24, 2.45) is 0 Å². The van der Waals surface area contributed by atoms with Crippen molar-refractivity contribution in [2.45, 2.75) is 26.0 Å². The quantitative estimate of drug-likeness (QED) is 0.446. The average Bonchev–Trinajstić information content (AvgIpc) is 3.26. The van der Waals surface area contributed by atoms with Gasteiger partial charge in [-0.2, -0.15) is 0 Å². The monoisotopic (exact) mass is 470 g/mol. The number of aromatic nitrogens is 1. The summed E-state index contributed by atoms with van der Waals surface area (Å²) in [6.45, 7) is 2.24. The number of carbonyl (C=O) groups excluding carboxylic acids is 2. The van der Waals surface area contributed by atoms with Crippen molar-refractivity contribution in [3.63, 3.8) is 0 Å².